The summed E-state index contributed by atoms with van der Waals surface area (Å²) < 4.78 is 1.21. The minimum absolute atomic E-state index is 0.0683. The third-order valence-corrected chi connectivity index (χ3v) is 4.44. The maximum atomic E-state index is 12.4. The van der Waals surface area contributed by atoms with E-state index in [0.717, 1.165) is 35.9 Å². The van der Waals surface area contributed by atoms with Gasteiger partial charge in [-0.1, -0.05) is 18.2 Å². The highest BCUT2D eigenvalue weighted by Crippen LogP contribution is 2.18. The Balaban J connectivity index is 1.47. The average Bonchev–Trinajstić information content (AvgIpc) is 3.05. The van der Waals surface area contributed by atoms with Gasteiger partial charge in [0.05, 0.1) is 17.8 Å². The summed E-state index contributed by atoms with van der Waals surface area (Å²) in [7, 11) is 0. The molecular formula is C17H17N5O2. The van der Waals surface area contributed by atoms with Crippen molar-refractivity contribution in [3.8, 4) is 0 Å². The summed E-state index contributed by atoms with van der Waals surface area (Å²) in [5.74, 6) is -0.197. The zero-order valence-electron chi connectivity index (χ0n) is 13.0. The molecule has 122 valence electrons. The highest BCUT2D eigenvalue weighted by molar-refractivity contribution is 5.81. The molecule has 0 fully saturated rings. The minimum Gasteiger partial charge on any atom is -0.351 e. The topological polar surface area (TPSA) is 92.7 Å². The first-order valence-electron chi connectivity index (χ1n) is 7.96. The molecule has 0 spiro atoms. The van der Waals surface area contributed by atoms with Crippen LogP contribution in [0, 0.1) is 0 Å². The molecule has 2 aromatic heterocycles. The number of nitrogens with zero attached hydrogens (tertiary/aromatic N) is 3. The maximum absolute atomic E-state index is 12.4. The van der Waals surface area contributed by atoms with E-state index in [1.165, 1.54) is 4.68 Å². The van der Waals surface area contributed by atoms with Crippen molar-refractivity contribution >= 4 is 16.7 Å². The number of fused-ring (bicyclic) bond motifs is 2. The number of amides is 1. The Bertz CT molecular complexity index is 959. The number of aryl methyl sites for hydroxylation is 1. The van der Waals surface area contributed by atoms with Crippen molar-refractivity contribution in [2.45, 2.75) is 31.8 Å². The standard InChI is InChI=1S/C17H17N5O2/c23-16(20-13-5-6-15-12(7-13)8-18-21-15)10-22-17(24)14-4-2-1-3-11(14)9-19-22/h1-4,8-9,13H,5-7,10H2,(H,18,21)(H,20,23)/t13-/m1/s1. The van der Waals surface area contributed by atoms with Crippen LogP contribution in [0.1, 0.15) is 17.7 Å². The minimum atomic E-state index is -0.246. The van der Waals surface area contributed by atoms with Crippen LogP contribution in [-0.4, -0.2) is 31.9 Å². The molecule has 4 rings (SSSR count). The maximum Gasteiger partial charge on any atom is 0.275 e. The van der Waals surface area contributed by atoms with Crippen molar-refractivity contribution < 1.29 is 4.79 Å². The molecule has 0 aliphatic heterocycles. The molecule has 1 aromatic carbocycles. The number of hydrogen-bond acceptors (Lipinski definition) is 4. The second-order valence-corrected chi connectivity index (χ2v) is 6.08. The van der Waals surface area contributed by atoms with Gasteiger partial charge in [0, 0.05) is 17.1 Å². The van der Waals surface area contributed by atoms with Crippen LogP contribution in [0.3, 0.4) is 0 Å². The van der Waals surface area contributed by atoms with E-state index in [0.29, 0.717) is 5.39 Å². The largest absolute Gasteiger partial charge is 0.351 e. The van der Waals surface area contributed by atoms with Crippen molar-refractivity contribution in [1.29, 1.82) is 0 Å². The zero-order chi connectivity index (χ0) is 16.5. The Kier molecular flexibility index (Phi) is 3.60. The molecule has 1 atom stereocenters. The van der Waals surface area contributed by atoms with Crippen molar-refractivity contribution in [3.05, 3.63) is 58.3 Å². The van der Waals surface area contributed by atoms with Gasteiger partial charge in [-0.15, -0.1) is 0 Å². The van der Waals surface area contributed by atoms with Gasteiger partial charge >= 0.3 is 0 Å². The number of carbonyl (C=O) groups excluding carboxylic acids is 1. The van der Waals surface area contributed by atoms with Gasteiger partial charge in [-0.05, 0) is 30.9 Å². The van der Waals surface area contributed by atoms with Gasteiger partial charge in [0.2, 0.25) is 5.91 Å². The van der Waals surface area contributed by atoms with Crippen molar-refractivity contribution in [2.24, 2.45) is 0 Å². The third kappa shape index (κ3) is 2.68. The van der Waals surface area contributed by atoms with Crippen LogP contribution in [0.2, 0.25) is 0 Å². The second-order valence-electron chi connectivity index (χ2n) is 6.08. The molecule has 7 heteroatoms. The summed E-state index contributed by atoms with van der Waals surface area (Å²) in [4.78, 5) is 24.7. The normalized spacial score (nSPS) is 16.8. The van der Waals surface area contributed by atoms with Crippen LogP contribution >= 0.6 is 0 Å². The lowest BCUT2D eigenvalue weighted by molar-refractivity contribution is -0.122. The molecule has 0 unspecified atom stereocenters. The highest BCUT2D eigenvalue weighted by atomic mass is 16.2. The first-order valence-corrected chi connectivity index (χ1v) is 7.96. The summed E-state index contributed by atoms with van der Waals surface area (Å²) in [5, 5.41) is 15.4. The van der Waals surface area contributed by atoms with E-state index in [1.807, 2.05) is 18.3 Å². The van der Waals surface area contributed by atoms with Crippen LogP contribution in [0.5, 0.6) is 0 Å². The van der Waals surface area contributed by atoms with E-state index in [9.17, 15) is 9.59 Å². The second kappa shape index (κ2) is 5.92. The molecule has 3 aromatic rings. The molecule has 24 heavy (non-hydrogen) atoms. The summed E-state index contributed by atoms with van der Waals surface area (Å²) in [6.45, 7) is -0.0710. The lowest BCUT2D eigenvalue weighted by Crippen LogP contribution is -2.42. The summed E-state index contributed by atoms with van der Waals surface area (Å²) in [6.07, 6.45) is 5.92. The van der Waals surface area contributed by atoms with Crippen LogP contribution in [0.15, 0.2) is 41.5 Å². The van der Waals surface area contributed by atoms with E-state index in [4.69, 9.17) is 0 Å². The van der Waals surface area contributed by atoms with Crippen LogP contribution in [0.4, 0.5) is 0 Å². The number of benzene rings is 1. The lowest BCUT2D eigenvalue weighted by Gasteiger charge is -2.22. The molecule has 0 radical (unpaired) electrons. The third-order valence-electron chi connectivity index (χ3n) is 4.44. The first-order chi connectivity index (χ1) is 11.7. The SMILES string of the molecule is O=C(Cn1ncc2ccccc2c1=O)N[C@@H]1CCc2[nH]ncc2C1. The predicted molar refractivity (Wildman–Crippen MR) is 88.5 cm³/mol. The fourth-order valence-corrected chi connectivity index (χ4v) is 3.19. The van der Waals surface area contributed by atoms with Gasteiger partial charge in [-0.2, -0.15) is 10.2 Å². The fraction of sp³-hybridized carbons (Fsp3) is 0.294. The number of carbonyl (C=O) groups is 1. The van der Waals surface area contributed by atoms with Crippen molar-refractivity contribution in [3.63, 3.8) is 0 Å². The Morgan fingerprint density at radius 1 is 1.33 bits per heavy atom. The number of nitrogens with one attached hydrogen (secondary N) is 2. The molecule has 0 bridgehead atoms. The summed E-state index contributed by atoms with van der Waals surface area (Å²) in [6, 6.07) is 7.30. The van der Waals surface area contributed by atoms with Crippen molar-refractivity contribution in [2.75, 3.05) is 0 Å². The smallest absolute Gasteiger partial charge is 0.275 e. The van der Waals surface area contributed by atoms with Gasteiger partial charge in [-0.25, -0.2) is 4.68 Å². The Hall–Kier alpha value is -2.96. The van der Waals surface area contributed by atoms with Gasteiger partial charge in [-0.3, -0.25) is 14.7 Å². The van der Waals surface area contributed by atoms with Gasteiger partial charge in [0.25, 0.3) is 5.56 Å². The molecule has 1 amide bonds. The number of hydrogen-bond donors (Lipinski definition) is 2. The van der Waals surface area contributed by atoms with Gasteiger partial charge in [0.1, 0.15) is 6.54 Å². The van der Waals surface area contributed by atoms with E-state index in [-0.39, 0.29) is 24.1 Å². The van der Waals surface area contributed by atoms with E-state index in [2.05, 4.69) is 20.6 Å². The number of aromatic amines is 1. The number of rotatable bonds is 3. The van der Waals surface area contributed by atoms with Crippen molar-refractivity contribution in [1.82, 2.24) is 25.3 Å². The molecule has 1 aliphatic rings. The molecule has 7 nitrogen and oxygen atoms in total. The molecule has 0 saturated carbocycles. The van der Waals surface area contributed by atoms with Crippen LogP contribution in [-0.2, 0) is 24.2 Å². The summed E-state index contributed by atoms with van der Waals surface area (Å²) in [5.41, 5.74) is 2.05. The molecule has 2 heterocycles. The van der Waals surface area contributed by atoms with E-state index >= 15 is 0 Å². The fourth-order valence-electron chi connectivity index (χ4n) is 3.19. The molecule has 2 N–H and O–H groups in total. The molecular weight excluding hydrogens is 306 g/mol. The van der Waals surface area contributed by atoms with Crippen LogP contribution in [0.25, 0.3) is 10.8 Å². The monoisotopic (exact) mass is 323 g/mol. The highest BCUT2D eigenvalue weighted by Gasteiger charge is 2.21. The Morgan fingerprint density at radius 2 is 2.21 bits per heavy atom. The van der Waals surface area contributed by atoms with E-state index in [1.54, 1.807) is 18.3 Å². The van der Waals surface area contributed by atoms with Gasteiger partial charge in [0.15, 0.2) is 0 Å². The quantitative estimate of drug-likeness (QED) is 0.745. The van der Waals surface area contributed by atoms with Crippen LogP contribution < -0.4 is 10.9 Å². The average molecular weight is 323 g/mol. The molecule has 1 aliphatic carbocycles. The van der Waals surface area contributed by atoms with E-state index < -0.39 is 0 Å². The number of H-pyrrole nitrogens is 1. The molecule has 0 saturated heterocycles. The van der Waals surface area contributed by atoms with Gasteiger partial charge < -0.3 is 5.32 Å². The summed E-state index contributed by atoms with van der Waals surface area (Å²) >= 11 is 0. The zero-order valence-corrected chi connectivity index (χ0v) is 13.0. The predicted octanol–water partition coefficient (Wildman–Crippen LogP) is 0.793. The Morgan fingerprint density at radius 3 is 3.12 bits per heavy atom. The number of aromatic nitrogens is 4. The lowest BCUT2D eigenvalue weighted by atomic mass is 9.93. The first kappa shape index (κ1) is 14.6. The Labute approximate surface area is 137 Å².